The summed E-state index contributed by atoms with van der Waals surface area (Å²) in [5.41, 5.74) is 8.60. The van der Waals surface area contributed by atoms with Crippen molar-refractivity contribution in [1.29, 1.82) is 0 Å². The summed E-state index contributed by atoms with van der Waals surface area (Å²) < 4.78 is 4.89. The summed E-state index contributed by atoms with van der Waals surface area (Å²) in [7, 11) is 1.58. The van der Waals surface area contributed by atoms with Crippen LogP contribution >= 0.6 is 11.6 Å². The first kappa shape index (κ1) is 16.1. The Morgan fingerprint density at radius 2 is 1.95 bits per heavy atom. The number of nitrogens with one attached hydrogen (secondary N) is 2. The third-order valence-corrected chi connectivity index (χ3v) is 3.28. The summed E-state index contributed by atoms with van der Waals surface area (Å²) >= 11 is 5.85. The highest BCUT2D eigenvalue weighted by Gasteiger charge is 2.08. The summed E-state index contributed by atoms with van der Waals surface area (Å²) in [6.45, 7) is 0.928. The lowest BCUT2D eigenvalue weighted by Crippen LogP contribution is -2.27. The van der Waals surface area contributed by atoms with E-state index >= 15 is 0 Å². The van der Waals surface area contributed by atoms with Gasteiger partial charge in [-0.1, -0.05) is 11.6 Å². The van der Waals surface area contributed by atoms with Crippen molar-refractivity contribution in [2.75, 3.05) is 31.3 Å². The van der Waals surface area contributed by atoms with Gasteiger partial charge in [0.05, 0.1) is 18.0 Å². The Balaban J connectivity index is 2.06. The van der Waals surface area contributed by atoms with Crippen LogP contribution in [0, 0.1) is 0 Å². The van der Waals surface area contributed by atoms with Crippen molar-refractivity contribution in [3.8, 4) is 0 Å². The molecule has 0 saturated carbocycles. The molecule has 0 spiro atoms. The van der Waals surface area contributed by atoms with Gasteiger partial charge in [0.1, 0.15) is 0 Å². The van der Waals surface area contributed by atoms with E-state index in [1.807, 2.05) is 12.1 Å². The average molecular weight is 320 g/mol. The van der Waals surface area contributed by atoms with Crippen LogP contribution in [0.3, 0.4) is 0 Å². The molecule has 0 fully saturated rings. The van der Waals surface area contributed by atoms with E-state index in [1.165, 1.54) is 0 Å². The second kappa shape index (κ2) is 7.68. The lowest BCUT2D eigenvalue weighted by Gasteiger charge is -2.11. The minimum atomic E-state index is -0.179. The van der Waals surface area contributed by atoms with Crippen LogP contribution in [0.15, 0.2) is 42.5 Å². The number of hydrogen-bond acceptors (Lipinski definition) is 4. The van der Waals surface area contributed by atoms with Crippen molar-refractivity contribution in [1.82, 2.24) is 5.32 Å². The molecular formula is C16H18ClN3O2. The number of nitrogen functional groups attached to an aromatic ring is 1. The molecule has 1 amide bonds. The summed E-state index contributed by atoms with van der Waals surface area (Å²) in [4.78, 5) is 11.9. The van der Waals surface area contributed by atoms with E-state index in [1.54, 1.807) is 37.4 Å². The SMILES string of the molecule is COCCNC(=O)c1ccc(Nc2ccc(Cl)cc2)c(N)c1. The van der Waals surface area contributed by atoms with Crippen LogP contribution in [0.25, 0.3) is 0 Å². The van der Waals surface area contributed by atoms with Crippen LogP contribution in [0.4, 0.5) is 17.1 Å². The van der Waals surface area contributed by atoms with Gasteiger partial charge in [-0.2, -0.15) is 0 Å². The summed E-state index contributed by atoms with van der Waals surface area (Å²) in [6.07, 6.45) is 0. The number of rotatable bonds is 6. The fourth-order valence-electron chi connectivity index (χ4n) is 1.88. The molecule has 2 rings (SSSR count). The maximum absolute atomic E-state index is 11.9. The van der Waals surface area contributed by atoms with Crippen molar-refractivity contribution < 1.29 is 9.53 Å². The number of hydrogen-bond donors (Lipinski definition) is 3. The van der Waals surface area contributed by atoms with Crippen molar-refractivity contribution in [3.05, 3.63) is 53.1 Å². The van der Waals surface area contributed by atoms with Crippen LogP contribution in [0.5, 0.6) is 0 Å². The number of methoxy groups -OCH3 is 1. The van der Waals surface area contributed by atoms with Gasteiger partial charge in [0.15, 0.2) is 0 Å². The molecule has 0 aliphatic heterocycles. The van der Waals surface area contributed by atoms with Crippen molar-refractivity contribution >= 4 is 34.6 Å². The van der Waals surface area contributed by atoms with Crippen molar-refractivity contribution in [3.63, 3.8) is 0 Å². The fraction of sp³-hybridized carbons (Fsp3) is 0.188. The summed E-state index contributed by atoms with van der Waals surface area (Å²) in [6, 6.07) is 12.4. The monoisotopic (exact) mass is 319 g/mol. The van der Waals surface area contributed by atoms with E-state index in [-0.39, 0.29) is 5.91 Å². The summed E-state index contributed by atoms with van der Waals surface area (Å²) in [5, 5.41) is 6.60. The fourth-order valence-corrected chi connectivity index (χ4v) is 2.00. The predicted octanol–water partition coefficient (Wildman–Crippen LogP) is 3.04. The number of nitrogens with two attached hydrogens (primary N) is 1. The number of carbonyl (C=O) groups excluding carboxylic acids is 1. The zero-order chi connectivity index (χ0) is 15.9. The normalized spacial score (nSPS) is 10.3. The van der Waals surface area contributed by atoms with Gasteiger partial charge in [-0.15, -0.1) is 0 Å². The number of benzene rings is 2. The number of amides is 1. The first-order valence-corrected chi connectivity index (χ1v) is 7.17. The maximum Gasteiger partial charge on any atom is 0.251 e. The number of ether oxygens (including phenoxy) is 1. The molecule has 4 N–H and O–H groups in total. The van der Waals surface area contributed by atoms with Gasteiger partial charge in [-0.3, -0.25) is 4.79 Å². The van der Waals surface area contributed by atoms with E-state index in [2.05, 4.69) is 10.6 Å². The molecule has 0 atom stereocenters. The minimum absolute atomic E-state index is 0.179. The van der Waals surface area contributed by atoms with Gasteiger partial charge in [-0.05, 0) is 42.5 Å². The van der Waals surface area contributed by atoms with Crippen LogP contribution in [-0.2, 0) is 4.74 Å². The largest absolute Gasteiger partial charge is 0.397 e. The molecule has 0 aromatic heterocycles. The Morgan fingerprint density at radius 1 is 1.23 bits per heavy atom. The molecule has 6 heteroatoms. The average Bonchev–Trinajstić information content (AvgIpc) is 2.51. The Morgan fingerprint density at radius 3 is 2.59 bits per heavy atom. The van der Waals surface area contributed by atoms with E-state index < -0.39 is 0 Å². The standard InChI is InChI=1S/C16H18ClN3O2/c1-22-9-8-19-16(21)11-2-7-15(14(18)10-11)20-13-5-3-12(17)4-6-13/h2-7,10,20H,8-9,18H2,1H3,(H,19,21). The molecule has 22 heavy (non-hydrogen) atoms. The highest BCUT2D eigenvalue weighted by molar-refractivity contribution is 6.30. The minimum Gasteiger partial charge on any atom is -0.397 e. The lowest BCUT2D eigenvalue weighted by atomic mass is 10.1. The molecule has 0 heterocycles. The number of halogens is 1. The second-order valence-electron chi connectivity index (χ2n) is 4.68. The molecule has 0 aliphatic carbocycles. The quantitative estimate of drug-likeness (QED) is 0.565. The topological polar surface area (TPSA) is 76.4 Å². The lowest BCUT2D eigenvalue weighted by molar-refractivity contribution is 0.0937. The molecule has 5 nitrogen and oxygen atoms in total. The third kappa shape index (κ3) is 4.38. The van der Waals surface area contributed by atoms with Gasteiger partial charge < -0.3 is 21.1 Å². The van der Waals surface area contributed by atoms with Gasteiger partial charge in [-0.25, -0.2) is 0 Å². The molecule has 0 unspecified atom stereocenters. The smallest absolute Gasteiger partial charge is 0.251 e. The highest BCUT2D eigenvalue weighted by Crippen LogP contribution is 2.25. The Kier molecular flexibility index (Phi) is 5.63. The molecule has 0 aliphatic rings. The highest BCUT2D eigenvalue weighted by atomic mass is 35.5. The van der Waals surface area contributed by atoms with Gasteiger partial charge in [0, 0.05) is 29.9 Å². The Bertz CT molecular complexity index is 644. The van der Waals surface area contributed by atoms with Crippen LogP contribution in [-0.4, -0.2) is 26.2 Å². The molecule has 0 radical (unpaired) electrons. The summed E-state index contributed by atoms with van der Waals surface area (Å²) in [5.74, 6) is -0.179. The first-order valence-electron chi connectivity index (χ1n) is 6.79. The van der Waals surface area contributed by atoms with E-state index in [0.717, 1.165) is 11.4 Å². The third-order valence-electron chi connectivity index (χ3n) is 3.03. The van der Waals surface area contributed by atoms with Crippen LogP contribution < -0.4 is 16.4 Å². The van der Waals surface area contributed by atoms with Crippen molar-refractivity contribution in [2.24, 2.45) is 0 Å². The van der Waals surface area contributed by atoms with Gasteiger partial charge in [0.2, 0.25) is 0 Å². The predicted molar refractivity (Wildman–Crippen MR) is 89.8 cm³/mol. The zero-order valence-corrected chi connectivity index (χ0v) is 13.0. The first-order chi connectivity index (χ1) is 10.6. The second-order valence-corrected chi connectivity index (χ2v) is 5.12. The molecule has 2 aromatic carbocycles. The Labute approximate surface area is 134 Å². The molecular weight excluding hydrogens is 302 g/mol. The van der Waals surface area contributed by atoms with Gasteiger partial charge >= 0.3 is 0 Å². The van der Waals surface area contributed by atoms with Crippen molar-refractivity contribution in [2.45, 2.75) is 0 Å². The van der Waals surface area contributed by atoms with E-state index in [4.69, 9.17) is 22.1 Å². The van der Waals surface area contributed by atoms with Crippen LogP contribution in [0.1, 0.15) is 10.4 Å². The molecule has 0 bridgehead atoms. The molecule has 2 aromatic rings. The van der Waals surface area contributed by atoms with E-state index in [9.17, 15) is 4.79 Å². The Hall–Kier alpha value is -2.24. The van der Waals surface area contributed by atoms with E-state index in [0.29, 0.717) is 29.4 Å². The van der Waals surface area contributed by atoms with Gasteiger partial charge in [0.25, 0.3) is 5.91 Å². The van der Waals surface area contributed by atoms with Crippen LogP contribution in [0.2, 0.25) is 5.02 Å². The maximum atomic E-state index is 11.9. The molecule has 0 saturated heterocycles. The number of carbonyl (C=O) groups is 1. The molecule has 116 valence electrons. The zero-order valence-electron chi connectivity index (χ0n) is 12.2. The number of anilines is 3.